The van der Waals surface area contributed by atoms with E-state index in [1.165, 1.54) is 16.8 Å². The van der Waals surface area contributed by atoms with Gasteiger partial charge in [0.05, 0.1) is 34.5 Å². The van der Waals surface area contributed by atoms with E-state index < -0.39 is 0 Å². The van der Waals surface area contributed by atoms with E-state index in [9.17, 15) is 9.18 Å². The molecule has 0 bridgehead atoms. The van der Waals surface area contributed by atoms with Gasteiger partial charge >= 0.3 is 0 Å². The SMILES string of the molecule is O=C(CCCc1nc2ccccc2s1)NCC(c1ccc(F)cc1)N1CCOCC1. The number of hydrogen-bond donors (Lipinski definition) is 1. The van der Waals surface area contributed by atoms with Crippen LogP contribution in [-0.2, 0) is 16.0 Å². The standard InChI is InChI=1S/C23H26FN3O2S/c24-18-10-8-17(9-11-18)20(27-12-14-29-15-13-27)16-25-22(28)6-3-7-23-26-19-4-1-2-5-21(19)30-23/h1-2,4-5,8-11,20H,3,6-7,12-16H2,(H,25,28). The molecule has 1 amide bonds. The van der Waals surface area contributed by atoms with Crippen molar-refractivity contribution in [3.8, 4) is 0 Å². The van der Waals surface area contributed by atoms with Gasteiger partial charge in [0.15, 0.2) is 0 Å². The Morgan fingerprint density at radius 3 is 2.70 bits per heavy atom. The minimum absolute atomic E-state index is 0.0164. The summed E-state index contributed by atoms with van der Waals surface area (Å²) in [7, 11) is 0. The number of aryl methyl sites for hydroxylation is 1. The maximum Gasteiger partial charge on any atom is 0.220 e. The maximum atomic E-state index is 13.3. The number of carbonyl (C=O) groups excluding carboxylic acids is 1. The van der Waals surface area contributed by atoms with Crippen molar-refractivity contribution in [3.63, 3.8) is 0 Å². The quantitative estimate of drug-likeness (QED) is 0.592. The summed E-state index contributed by atoms with van der Waals surface area (Å²) < 4.78 is 20.0. The van der Waals surface area contributed by atoms with Gasteiger partial charge in [0.25, 0.3) is 0 Å². The highest BCUT2D eigenvalue weighted by molar-refractivity contribution is 7.18. The first-order valence-electron chi connectivity index (χ1n) is 10.4. The number of aromatic nitrogens is 1. The van der Waals surface area contributed by atoms with Crippen LogP contribution >= 0.6 is 11.3 Å². The Morgan fingerprint density at radius 1 is 1.17 bits per heavy atom. The number of amides is 1. The maximum absolute atomic E-state index is 13.3. The second-order valence-electron chi connectivity index (χ2n) is 7.45. The number of fused-ring (bicyclic) bond motifs is 1. The molecule has 0 saturated carbocycles. The first kappa shape index (κ1) is 20.9. The van der Waals surface area contributed by atoms with Crippen LogP contribution in [-0.4, -0.2) is 48.6 Å². The number of hydrogen-bond acceptors (Lipinski definition) is 5. The fraction of sp³-hybridized carbons (Fsp3) is 0.391. The summed E-state index contributed by atoms with van der Waals surface area (Å²) >= 11 is 1.69. The fourth-order valence-corrected chi connectivity index (χ4v) is 4.77. The molecule has 1 aromatic heterocycles. The van der Waals surface area contributed by atoms with E-state index >= 15 is 0 Å². The minimum atomic E-state index is -0.252. The molecule has 1 N–H and O–H groups in total. The molecule has 2 aromatic carbocycles. The van der Waals surface area contributed by atoms with Crippen molar-refractivity contribution in [2.45, 2.75) is 25.3 Å². The fourth-order valence-electron chi connectivity index (χ4n) is 3.76. The van der Waals surface area contributed by atoms with Crippen molar-refractivity contribution in [3.05, 3.63) is 64.9 Å². The van der Waals surface area contributed by atoms with Crippen LogP contribution in [0.25, 0.3) is 10.2 Å². The second kappa shape index (κ2) is 10.1. The molecule has 3 aromatic rings. The Labute approximate surface area is 179 Å². The van der Waals surface area contributed by atoms with Crippen molar-refractivity contribution in [2.24, 2.45) is 0 Å². The molecule has 7 heteroatoms. The third-order valence-electron chi connectivity index (χ3n) is 5.37. The van der Waals surface area contributed by atoms with Crippen molar-refractivity contribution in [1.29, 1.82) is 0 Å². The summed E-state index contributed by atoms with van der Waals surface area (Å²) in [6, 6.07) is 14.7. The third-order valence-corrected chi connectivity index (χ3v) is 6.46. The van der Waals surface area contributed by atoms with Gasteiger partial charge in [-0.15, -0.1) is 11.3 Å². The van der Waals surface area contributed by atoms with Crippen LogP contribution in [0.1, 0.15) is 29.5 Å². The van der Waals surface area contributed by atoms with Gasteiger partial charge in [-0.3, -0.25) is 9.69 Å². The smallest absolute Gasteiger partial charge is 0.220 e. The van der Waals surface area contributed by atoms with Gasteiger partial charge in [0.2, 0.25) is 5.91 Å². The highest BCUT2D eigenvalue weighted by Crippen LogP contribution is 2.23. The van der Waals surface area contributed by atoms with Crippen molar-refractivity contribution < 1.29 is 13.9 Å². The molecule has 1 aliphatic heterocycles. The number of thiazole rings is 1. The summed E-state index contributed by atoms with van der Waals surface area (Å²) in [5, 5.41) is 4.14. The molecular weight excluding hydrogens is 401 g/mol. The van der Waals surface area contributed by atoms with Crippen molar-refractivity contribution in [2.75, 3.05) is 32.8 Å². The summed E-state index contributed by atoms with van der Waals surface area (Å²) in [5.41, 5.74) is 2.03. The number of nitrogens with zero attached hydrogens (tertiary/aromatic N) is 2. The molecule has 1 unspecified atom stereocenters. The van der Waals surface area contributed by atoms with Gasteiger partial charge in [-0.1, -0.05) is 24.3 Å². The molecular formula is C23H26FN3O2S. The van der Waals surface area contributed by atoms with Crippen LogP contribution in [0.2, 0.25) is 0 Å². The largest absolute Gasteiger partial charge is 0.379 e. The van der Waals surface area contributed by atoms with Gasteiger partial charge in [-0.2, -0.15) is 0 Å². The molecule has 0 radical (unpaired) electrons. The molecule has 1 atom stereocenters. The Bertz CT molecular complexity index is 937. The molecule has 1 aliphatic rings. The molecule has 158 valence electrons. The number of benzene rings is 2. The zero-order valence-corrected chi connectivity index (χ0v) is 17.7. The molecule has 0 aliphatic carbocycles. The van der Waals surface area contributed by atoms with Gasteiger partial charge in [-0.25, -0.2) is 9.37 Å². The van der Waals surface area contributed by atoms with Gasteiger partial charge in [-0.05, 0) is 42.7 Å². The molecule has 0 spiro atoms. The molecule has 30 heavy (non-hydrogen) atoms. The molecule has 2 heterocycles. The molecule has 1 saturated heterocycles. The van der Waals surface area contributed by atoms with Crippen LogP contribution in [0, 0.1) is 5.82 Å². The summed E-state index contributed by atoms with van der Waals surface area (Å²) in [6.45, 7) is 3.46. The molecule has 1 fully saturated rings. The van der Waals surface area contributed by atoms with Crippen molar-refractivity contribution >= 4 is 27.5 Å². The van der Waals surface area contributed by atoms with Gasteiger partial charge in [0, 0.05) is 26.1 Å². The van der Waals surface area contributed by atoms with Crippen molar-refractivity contribution in [1.82, 2.24) is 15.2 Å². The number of ether oxygens (including phenoxy) is 1. The number of halogens is 1. The van der Waals surface area contributed by atoms with Crippen LogP contribution in [0.15, 0.2) is 48.5 Å². The highest BCUT2D eigenvalue weighted by atomic mass is 32.1. The molecule has 4 rings (SSSR count). The number of nitrogens with one attached hydrogen (secondary N) is 1. The lowest BCUT2D eigenvalue weighted by atomic mass is 10.0. The van der Waals surface area contributed by atoms with E-state index in [2.05, 4.69) is 21.3 Å². The van der Waals surface area contributed by atoms with E-state index in [0.29, 0.717) is 26.2 Å². The average molecular weight is 428 g/mol. The Kier molecular flexibility index (Phi) is 7.04. The Balaban J connectivity index is 1.29. The van der Waals surface area contributed by atoms with Crippen LogP contribution in [0.3, 0.4) is 0 Å². The summed E-state index contributed by atoms with van der Waals surface area (Å²) in [6.07, 6.45) is 2.04. The number of morpholine rings is 1. The lowest BCUT2D eigenvalue weighted by Crippen LogP contribution is -2.43. The predicted octanol–water partition coefficient (Wildman–Crippen LogP) is 3.95. The first-order chi connectivity index (χ1) is 14.7. The first-order valence-corrected chi connectivity index (χ1v) is 11.2. The number of para-hydroxylation sites is 1. The monoisotopic (exact) mass is 427 g/mol. The third kappa shape index (κ3) is 5.41. The second-order valence-corrected chi connectivity index (χ2v) is 8.56. The average Bonchev–Trinajstić information content (AvgIpc) is 3.19. The van der Waals surface area contributed by atoms with E-state index in [1.807, 2.05) is 18.2 Å². The predicted molar refractivity (Wildman–Crippen MR) is 117 cm³/mol. The highest BCUT2D eigenvalue weighted by Gasteiger charge is 2.23. The number of carbonyl (C=O) groups is 1. The van der Waals surface area contributed by atoms with E-state index in [1.54, 1.807) is 23.5 Å². The zero-order chi connectivity index (χ0) is 20.8. The number of rotatable bonds is 8. The normalized spacial score (nSPS) is 15.9. The molecule has 5 nitrogen and oxygen atoms in total. The van der Waals surface area contributed by atoms with E-state index in [4.69, 9.17) is 4.74 Å². The lowest BCUT2D eigenvalue weighted by molar-refractivity contribution is -0.121. The van der Waals surface area contributed by atoms with Gasteiger partial charge in [0.1, 0.15) is 5.82 Å². The van der Waals surface area contributed by atoms with E-state index in [-0.39, 0.29) is 17.8 Å². The van der Waals surface area contributed by atoms with Crippen LogP contribution in [0.5, 0.6) is 0 Å². The van der Waals surface area contributed by atoms with E-state index in [0.717, 1.165) is 42.0 Å². The topological polar surface area (TPSA) is 54.5 Å². The van der Waals surface area contributed by atoms with Gasteiger partial charge < -0.3 is 10.1 Å². The minimum Gasteiger partial charge on any atom is -0.379 e. The summed E-state index contributed by atoms with van der Waals surface area (Å²) in [4.78, 5) is 19.4. The Morgan fingerprint density at radius 2 is 1.93 bits per heavy atom. The zero-order valence-electron chi connectivity index (χ0n) is 16.9. The lowest BCUT2D eigenvalue weighted by Gasteiger charge is -2.35. The van der Waals surface area contributed by atoms with Crippen LogP contribution < -0.4 is 5.32 Å². The Hall–Kier alpha value is -2.35. The summed E-state index contributed by atoms with van der Waals surface area (Å²) in [5.74, 6) is -0.213. The van der Waals surface area contributed by atoms with Crippen LogP contribution in [0.4, 0.5) is 4.39 Å².